The first kappa shape index (κ1) is 17.2. The number of anilines is 1. The SMILES string of the molecule is O=C(Nc1ccccc1)c1nnc(/C(Cl)=C/c2cc(F)ccc2F)s1. The van der Waals surface area contributed by atoms with Crippen LogP contribution in [0, 0.1) is 11.6 Å². The minimum atomic E-state index is -0.619. The highest BCUT2D eigenvalue weighted by Gasteiger charge is 2.15. The lowest BCUT2D eigenvalue weighted by Crippen LogP contribution is -2.11. The van der Waals surface area contributed by atoms with Crippen LogP contribution in [0.3, 0.4) is 0 Å². The molecule has 0 fully saturated rings. The highest BCUT2D eigenvalue weighted by Crippen LogP contribution is 2.26. The molecule has 0 saturated heterocycles. The largest absolute Gasteiger partial charge is 0.320 e. The van der Waals surface area contributed by atoms with Gasteiger partial charge in [-0.25, -0.2) is 8.78 Å². The zero-order valence-corrected chi connectivity index (χ0v) is 14.1. The maximum absolute atomic E-state index is 13.7. The first-order chi connectivity index (χ1) is 12.0. The van der Waals surface area contributed by atoms with Gasteiger partial charge < -0.3 is 5.32 Å². The van der Waals surface area contributed by atoms with Crippen LogP contribution >= 0.6 is 22.9 Å². The molecule has 126 valence electrons. The van der Waals surface area contributed by atoms with Gasteiger partial charge in [0.2, 0.25) is 5.01 Å². The van der Waals surface area contributed by atoms with E-state index >= 15 is 0 Å². The second kappa shape index (κ2) is 7.50. The third-order valence-electron chi connectivity index (χ3n) is 3.10. The summed E-state index contributed by atoms with van der Waals surface area (Å²) < 4.78 is 26.9. The van der Waals surface area contributed by atoms with E-state index in [0.29, 0.717) is 5.69 Å². The fraction of sp³-hybridized carbons (Fsp3) is 0. The Hall–Kier alpha value is -2.64. The summed E-state index contributed by atoms with van der Waals surface area (Å²) in [5.74, 6) is -1.64. The van der Waals surface area contributed by atoms with Crippen LogP contribution in [0.25, 0.3) is 11.1 Å². The van der Waals surface area contributed by atoms with E-state index < -0.39 is 17.5 Å². The Morgan fingerprint density at radius 2 is 1.80 bits per heavy atom. The van der Waals surface area contributed by atoms with Crippen molar-refractivity contribution in [3.63, 3.8) is 0 Å². The molecule has 0 atom stereocenters. The third kappa shape index (κ3) is 4.26. The number of para-hydroxylation sites is 1. The number of halogens is 3. The lowest BCUT2D eigenvalue weighted by Gasteiger charge is -2.00. The second-order valence-corrected chi connectivity index (χ2v) is 6.28. The summed E-state index contributed by atoms with van der Waals surface area (Å²) in [4.78, 5) is 12.1. The van der Waals surface area contributed by atoms with E-state index in [4.69, 9.17) is 11.6 Å². The molecule has 0 aliphatic heterocycles. The van der Waals surface area contributed by atoms with Crippen molar-refractivity contribution >= 4 is 45.6 Å². The van der Waals surface area contributed by atoms with E-state index in [-0.39, 0.29) is 20.6 Å². The van der Waals surface area contributed by atoms with Crippen LogP contribution < -0.4 is 5.32 Å². The smallest absolute Gasteiger partial charge is 0.286 e. The van der Waals surface area contributed by atoms with Crippen molar-refractivity contribution in [1.82, 2.24) is 10.2 Å². The number of aromatic nitrogens is 2. The van der Waals surface area contributed by atoms with E-state index in [2.05, 4.69) is 15.5 Å². The molecule has 3 rings (SSSR count). The Labute approximate surface area is 150 Å². The molecule has 1 aromatic heterocycles. The van der Waals surface area contributed by atoms with Crippen LogP contribution in [-0.2, 0) is 0 Å². The average molecular weight is 378 g/mol. The van der Waals surface area contributed by atoms with Crippen molar-refractivity contribution in [3.8, 4) is 0 Å². The summed E-state index contributed by atoms with van der Waals surface area (Å²) in [6.45, 7) is 0. The zero-order chi connectivity index (χ0) is 17.8. The van der Waals surface area contributed by atoms with Gasteiger partial charge in [0.15, 0.2) is 5.01 Å². The van der Waals surface area contributed by atoms with Crippen LogP contribution in [0.1, 0.15) is 20.4 Å². The van der Waals surface area contributed by atoms with Gasteiger partial charge in [0.05, 0.1) is 5.03 Å². The fourth-order valence-electron chi connectivity index (χ4n) is 1.94. The molecule has 0 aliphatic rings. The molecule has 0 spiro atoms. The molecule has 1 amide bonds. The molecular weight excluding hydrogens is 368 g/mol. The second-order valence-electron chi connectivity index (χ2n) is 4.89. The standard InChI is InChI=1S/C17H10ClF2N3OS/c18-13(9-10-8-11(19)6-7-14(10)20)16-22-23-17(25-16)15(24)21-12-4-2-1-3-5-12/h1-9H,(H,21,24)/b13-9-. The van der Waals surface area contributed by atoms with Crippen molar-refractivity contribution < 1.29 is 13.6 Å². The molecule has 4 nitrogen and oxygen atoms in total. The van der Waals surface area contributed by atoms with Gasteiger partial charge in [-0.2, -0.15) is 0 Å². The van der Waals surface area contributed by atoms with Crippen molar-refractivity contribution in [2.75, 3.05) is 5.32 Å². The Balaban J connectivity index is 1.79. The number of nitrogens with zero attached hydrogens (tertiary/aromatic N) is 2. The van der Waals surface area contributed by atoms with Crippen LogP contribution in [-0.4, -0.2) is 16.1 Å². The van der Waals surface area contributed by atoms with Crippen LogP contribution in [0.15, 0.2) is 48.5 Å². The maximum atomic E-state index is 13.7. The predicted molar refractivity (Wildman–Crippen MR) is 94.4 cm³/mol. The Morgan fingerprint density at radius 3 is 2.56 bits per heavy atom. The summed E-state index contributed by atoms with van der Waals surface area (Å²) in [6.07, 6.45) is 1.24. The number of benzene rings is 2. The number of hydrogen-bond donors (Lipinski definition) is 1. The third-order valence-corrected chi connectivity index (χ3v) is 4.45. The molecular formula is C17H10ClF2N3OS. The summed E-state index contributed by atoms with van der Waals surface area (Å²) >= 11 is 7.04. The van der Waals surface area contributed by atoms with Gasteiger partial charge in [-0.3, -0.25) is 4.79 Å². The van der Waals surface area contributed by atoms with Gasteiger partial charge in [0.1, 0.15) is 11.6 Å². The molecule has 0 saturated carbocycles. The molecule has 25 heavy (non-hydrogen) atoms. The van der Waals surface area contributed by atoms with Crippen molar-refractivity contribution in [2.24, 2.45) is 0 Å². The van der Waals surface area contributed by atoms with Gasteiger partial charge in [-0.05, 0) is 36.4 Å². The van der Waals surface area contributed by atoms with Gasteiger partial charge in [-0.1, -0.05) is 41.1 Å². The fourth-order valence-corrected chi connectivity index (χ4v) is 2.86. The first-order valence-corrected chi connectivity index (χ1v) is 8.25. The molecule has 1 N–H and O–H groups in total. The number of nitrogens with one attached hydrogen (secondary N) is 1. The van der Waals surface area contributed by atoms with E-state index in [9.17, 15) is 13.6 Å². The molecule has 0 unspecified atom stereocenters. The highest BCUT2D eigenvalue weighted by atomic mass is 35.5. The van der Waals surface area contributed by atoms with Gasteiger partial charge in [-0.15, -0.1) is 10.2 Å². The number of carbonyl (C=O) groups is 1. The molecule has 0 aliphatic carbocycles. The van der Waals surface area contributed by atoms with Crippen LogP contribution in [0.4, 0.5) is 14.5 Å². The van der Waals surface area contributed by atoms with E-state index in [1.54, 1.807) is 24.3 Å². The van der Waals surface area contributed by atoms with Crippen molar-refractivity contribution in [2.45, 2.75) is 0 Å². The van der Waals surface area contributed by atoms with E-state index in [1.807, 2.05) is 6.07 Å². The molecule has 0 radical (unpaired) electrons. The number of rotatable bonds is 4. The average Bonchev–Trinajstić information content (AvgIpc) is 3.09. The van der Waals surface area contributed by atoms with Gasteiger partial charge >= 0.3 is 0 Å². The number of amides is 1. The normalized spacial score (nSPS) is 11.4. The van der Waals surface area contributed by atoms with Crippen molar-refractivity contribution in [1.29, 1.82) is 0 Å². The maximum Gasteiger partial charge on any atom is 0.286 e. The van der Waals surface area contributed by atoms with Crippen LogP contribution in [0.2, 0.25) is 0 Å². The van der Waals surface area contributed by atoms with Crippen molar-refractivity contribution in [3.05, 3.63) is 75.7 Å². The minimum absolute atomic E-state index is 0.0181. The van der Waals surface area contributed by atoms with E-state index in [1.165, 1.54) is 6.08 Å². The predicted octanol–water partition coefficient (Wildman–Crippen LogP) is 4.81. The quantitative estimate of drug-likeness (QED) is 0.710. The molecule has 3 aromatic rings. The lowest BCUT2D eigenvalue weighted by atomic mass is 10.2. The molecule has 1 heterocycles. The number of hydrogen-bond acceptors (Lipinski definition) is 4. The summed E-state index contributed by atoms with van der Waals surface area (Å²) in [7, 11) is 0. The van der Waals surface area contributed by atoms with Gasteiger partial charge in [0.25, 0.3) is 5.91 Å². The summed E-state index contributed by atoms with van der Waals surface area (Å²) in [5, 5.41) is 10.7. The Morgan fingerprint density at radius 1 is 1.08 bits per heavy atom. The molecule has 0 bridgehead atoms. The molecule has 2 aromatic carbocycles. The molecule has 8 heteroatoms. The monoisotopic (exact) mass is 377 g/mol. The zero-order valence-electron chi connectivity index (χ0n) is 12.5. The topological polar surface area (TPSA) is 54.9 Å². The summed E-state index contributed by atoms with van der Waals surface area (Å²) in [6, 6.07) is 11.9. The number of carbonyl (C=O) groups excluding carboxylic acids is 1. The summed E-state index contributed by atoms with van der Waals surface area (Å²) in [5.41, 5.74) is 0.600. The van der Waals surface area contributed by atoms with Gasteiger partial charge in [0, 0.05) is 11.3 Å². The lowest BCUT2D eigenvalue weighted by molar-refractivity contribution is 0.102. The Bertz CT molecular complexity index is 944. The first-order valence-electron chi connectivity index (χ1n) is 7.05. The van der Waals surface area contributed by atoms with Crippen LogP contribution in [0.5, 0.6) is 0 Å². The minimum Gasteiger partial charge on any atom is -0.320 e. The highest BCUT2D eigenvalue weighted by molar-refractivity contribution is 7.15. The Kier molecular flexibility index (Phi) is 5.16. The van der Waals surface area contributed by atoms with E-state index in [0.717, 1.165) is 29.5 Å².